The zero-order valence-corrected chi connectivity index (χ0v) is 19.6. The van der Waals surface area contributed by atoms with E-state index in [2.05, 4.69) is 39.5 Å². The van der Waals surface area contributed by atoms with Gasteiger partial charge in [0.15, 0.2) is 0 Å². The van der Waals surface area contributed by atoms with E-state index in [4.69, 9.17) is 9.72 Å². The number of hydrogen-bond donors (Lipinski definition) is 1. The van der Waals surface area contributed by atoms with Gasteiger partial charge in [0.1, 0.15) is 11.6 Å². The number of hydrogen-bond acceptors (Lipinski definition) is 4. The average molecular weight is 461 g/mol. The number of carbonyl (C=O) groups excluding carboxylic acids is 1. The highest BCUT2D eigenvalue weighted by Gasteiger charge is 2.28. The van der Waals surface area contributed by atoms with E-state index in [1.807, 2.05) is 41.3 Å². The number of imidazole rings is 1. The normalized spacial score (nSPS) is 16.2. The van der Waals surface area contributed by atoms with E-state index in [1.54, 1.807) is 18.4 Å². The molecule has 33 heavy (non-hydrogen) atoms. The van der Waals surface area contributed by atoms with Gasteiger partial charge in [0.05, 0.1) is 18.3 Å². The van der Waals surface area contributed by atoms with Gasteiger partial charge in [-0.15, -0.1) is 11.3 Å². The third kappa shape index (κ3) is 4.59. The molecule has 0 bridgehead atoms. The van der Waals surface area contributed by atoms with Gasteiger partial charge in [0, 0.05) is 42.2 Å². The van der Waals surface area contributed by atoms with E-state index in [9.17, 15) is 4.79 Å². The number of ether oxygens (including phenoxy) is 1. The van der Waals surface area contributed by atoms with E-state index in [-0.39, 0.29) is 11.9 Å². The Morgan fingerprint density at radius 1 is 1.21 bits per heavy atom. The number of carbonyl (C=O) groups is 1. The Morgan fingerprint density at radius 2 is 2.15 bits per heavy atom. The molecule has 4 aromatic rings. The van der Waals surface area contributed by atoms with Crippen molar-refractivity contribution in [2.75, 3.05) is 26.7 Å². The van der Waals surface area contributed by atoms with Crippen molar-refractivity contribution >= 4 is 22.9 Å². The van der Waals surface area contributed by atoms with Crippen LogP contribution in [0.25, 0.3) is 16.8 Å². The molecule has 0 saturated carbocycles. The van der Waals surface area contributed by atoms with Gasteiger partial charge >= 0.3 is 6.03 Å². The number of benzene rings is 1. The molecule has 3 aromatic heterocycles. The van der Waals surface area contributed by atoms with Gasteiger partial charge in [-0.3, -0.25) is 0 Å². The second kappa shape index (κ2) is 9.67. The fourth-order valence-corrected chi connectivity index (χ4v) is 5.27. The molecule has 1 atom stereocenters. The monoisotopic (exact) mass is 460 g/mol. The van der Waals surface area contributed by atoms with Crippen molar-refractivity contribution in [2.24, 2.45) is 0 Å². The average Bonchev–Trinajstić information content (AvgIpc) is 3.52. The van der Waals surface area contributed by atoms with Crippen LogP contribution in [0.2, 0.25) is 0 Å². The minimum atomic E-state index is 0.0186. The number of nitrogens with one attached hydrogen (secondary N) is 1. The molecule has 0 aliphatic carbocycles. The van der Waals surface area contributed by atoms with Crippen LogP contribution in [-0.2, 0) is 6.42 Å². The number of amides is 2. The number of nitrogens with zero attached hydrogens (tertiary/aromatic N) is 3. The molecule has 1 saturated heterocycles. The Kier molecular flexibility index (Phi) is 6.30. The first-order valence-corrected chi connectivity index (χ1v) is 12.3. The van der Waals surface area contributed by atoms with E-state index in [0.717, 1.165) is 54.2 Å². The van der Waals surface area contributed by atoms with Gasteiger partial charge in [0.2, 0.25) is 0 Å². The molecule has 170 valence electrons. The number of likely N-dealkylation sites (tertiary alicyclic amines) is 1. The van der Waals surface area contributed by atoms with Gasteiger partial charge in [-0.2, -0.15) is 0 Å². The highest BCUT2D eigenvalue weighted by molar-refractivity contribution is 7.09. The van der Waals surface area contributed by atoms with Crippen LogP contribution in [0.1, 0.15) is 29.5 Å². The molecule has 1 aromatic carbocycles. The topological polar surface area (TPSA) is 58.9 Å². The van der Waals surface area contributed by atoms with Crippen LogP contribution in [0.15, 0.2) is 66.2 Å². The van der Waals surface area contributed by atoms with Crippen molar-refractivity contribution in [1.82, 2.24) is 19.6 Å². The predicted octanol–water partition coefficient (Wildman–Crippen LogP) is 5.20. The van der Waals surface area contributed by atoms with E-state index >= 15 is 0 Å². The van der Waals surface area contributed by atoms with Crippen molar-refractivity contribution in [3.63, 3.8) is 0 Å². The number of aromatic nitrogens is 2. The van der Waals surface area contributed by atoms with Crippen molar-refractivity contribution in [3.05, 3.63) is 76.9 Å². The maximum Gasteiger partial charge on any atom is 0.317 e. The first-order chi connectivity index (χ1) is 16.2. The fraction of sp³-hybridized carbons (Fsp3) is 0.308. The summed E-state index contributed by atoms with van der Waals surface area (Å²) in [7, 11) is 1.68. The number of methoxy groups -OCH3 is 1. The molecule has 1 aliphatic heterocycles. The zero-order valence-electron chi connectivity index (χ0n) is 18.7. The molecule has 2 amide bonds. The Morgan fingerprint density at radius 3 is 3.00 bits per heavy atom. The molecule has 7 heteroatoms. The van der Waals surface area contributed by atoms with Crippen LogP contribution in [0.3, 0.4) is 0 Å². The van der Waals surface area contributed by atoms with E-state index in [0.29, 0.717) is 13.1 Å². The standard InChI is InChI=1S/C26H28N4O2S/c1-32-21-9-4-7-19(17-21)24-23-11-2-3-15-30(23)25(28-24)20-8-5-14-29(18-20)26(31)27-13-12-22-10-6-16-33-22/h2-4,6-7,9-11,15-17,20H,5,8,12-14,18H2,1H3,(H,27,31). The third-order valence-corrected chi connectivity index (χ3v) is 7.16. The Bertz CT molecular complexity index is 1230. The maximum atomic E-state index is 12.8. The summed E-state index contributed by atoms with van der Waals surface area (Å²) in [5.41, 5.74) is 3.04. The first-order valence-electron chi connectivity index (χ1n) is 11.4. The second-order valence-electron chi connectivity index (χ2n) is 8.35. The lowest BCUT2D eigenvalue weighted by Gasteiger charge is -2.32. The second-order valence-corrected chi connectivity index (χ2v) is 9.39. The summed E-state index contributed by atoms with van der Waals surface area (Å²) in [6, 6.07) is 18.4. The zero-order chi connectivity index (χ0) is 22.6. The summed E-state index contributed by atoms with van der Waals surface area (Å²) in [6.07, 6.45) is 4.93. The highest BCUT2D eigenvalue weighted by atomic mass is 32.1. The fourth-order valence-electron chi connectivity index (χ4n) is 4.56. The number of fused-ring (bicyclic) bond motifs is 1. The summed E-state index contributed by atoms with van der Waals surface area (Å²) in [6.45, 7) is 2.12. The molecular formula is C26H28N4O2S. The summed E-state index contributed by atoms with van der Waals surface area (Å²) in [5.74, 6) is 2.02. The smallest absolute Gasteiger partial charge is 0.317 e. The van der Waals surface area contributed by atoms with Crippen LogP contribution in [0, 0.1) is 0 Å². The molecule has 1 unspecified atom stereocenters. The Balaban J connectivity index is 1.35. The molecular weight excluding hydrogens is 432 g/mol. The molecule has 1 N–H and O–H groups in total. The SMILES string of the molecule is COc1cccc(-c2nc(C3CCCN(C(=O)NCCc4cccs4)C3)n3ccccc23)c1. The van der Waals surface area contributed by atoms with Crippen molar-refractivity contribution in [3.8, 4) is 17.0 Å². The van der Waals surface area contributed by atoms with Crippen LogP contribution in [-0.4, -0.2) is 47.1 Å². The van der Waals surface area contributed by atoms with E-state index < -0.39 is 0 Å². The molecule has 6 nitrogen and oxygen atoms in total. The number of thiophene rings is 1. The lowest BCUT2D eigenvalue weighted by molar-refractivity contribution is 0.178. The summed E-state index contributed by atoms with van der Waals surface area (Å²) < 4.78 is 7.60. The molecule has 0 radical (unpaired) electrons. The third-order valence-electron chi connectivity index (χ3n) is 6.22. The van der Waals surface area contributed by atoms with Crippen molar-refractivity contribution < 1.29 is 9.53 Å². The van der Waals surface area contributed by atoms with Crippen LogP contribution >= 0.6 is 11.3 Å². The molecule has 1 fully saturated rings. The van der Waals surface area contributed by atoms with Crippen LogP contribution in [0.4, 0.5) is 4.79 Å². The Labute approximate surface area is 197 Å². The van der Waals surface area contributed by atoms with E-state index in [1.165, 1.54) is 4.88 Å². The molecule has 0 spiro atoms. The lowest BCUT2D eigenvalue weighted by atomic mass is 9.97. The minimum Gasteiger partial charge on any atom is -0.497 e. The van der Waals surface area contributed by atoms with Gasteiger partial charge in [-0.25, -0.2) is 9.78 Å². The first kappa shape index (κ1) is 21.5. The summed E-state index contributed by atoms with van der Waals surface area (Å²) in [5, 5.41) is 5.17. The molecule has 5 rings (SSSR count). The van der Waals surface area contributed by atoms with Gasteiger partial charge < -0.3 is 19.4 Å². The van der Waals surface area contributed by atoms with Gasteiger partial charge in [-0.05, 0) is 55.0 Å². The minimum absolute atomic E-state index is 0.0186. The summed E-state index contributed by atoms with van der Waals surface area (Å²) >= 11 is 1.73. The van der Waals surface area contributed by atoms with Crippen molar-refractivity contribution in [2.45, 2.75) is 25.2 Å². The quantitative estimate of drug-likeness (QED) is 0.430. The van der Waals surface area contributed by atoms with Crippen LogP contribution < -0.4 is 10.1 Å². The number of urea groups is 1. The van der Waals surface area contributed by atoms with Gasteiger partial charge in [-0.1, -0.05) is 24.3 Å². The number of rotatable bonds is 6. The maximum absolute atomic E-state index is 12.8. The number of piperidine rings is 1. The largest absolute Gasteiger partial charge is 0.497 e. The molecule has 4 heterocycles. The molecule has 1 aliphatic rings. The summed E-state index contributed by atoms with van der Waals surface area (Å²) in [4.78, 5) is 21.2. The van der Waals surface area contributed by atoms with Gasteiger partial charge in [0.25, 0.3) is 0 Å². The van der Waals surface area contributed by atoms with Crippen LogP contribution in [0.5, 0.6) is 5.75 Å². The number of pyridine rings is 1. The highest BCUT2D eigenvalue weighted by Crippen LogP contribution is 2.33. The van der Waals surface area contributed by atoms with Crippen molar-refractivity contribution in [1.29, 1.82) is 0 Å². The Hall–Kier alpha value is -3.32. The lowest BCUT2D eigenvalue weighted by Crippen LogP contribution is -2.45. The predicted molar refractivity (Wildman–Crippen MR) is 132 cm³/mol.